The fourth-order valence-electron chi connectivity index (χ4n) is 2.71. The van der Waals surface area contributed by atoms with Gasteiger partial charge < -0.3 is 10.6 Å². The Kier molecular flexibility index (Phi) is 4.14. The number of likely N-dealkylation sites (tertiary alicyclic amines) is 1. The minimum atomic E-state index is -0.739. The lowest BCUT2D eigenvalue weighted by atomic mass is 9.95. The van der Waals surface area contributed by atoms with Gasteiger partial charge in [-0.15, -0.1) is 0 Å². The number of nitrogens with two attached hydrogens (primary N) is 1. The number of amides is 1. The highest BCUT2D eigenvalue weighted by Gasteiger charge is 2.31. The predicted octanol–water partition coefficient (Wildman–Crippen LogP) is 2.31. The minimum Gasteiger partial charge on any atom is -0.332 e. The maximum Gasteiger partial charge on any atom is 0.254 e. The smallest absolute Gasteiger partial charge is 0.254 e. The quantitative estimate of drug-likeness (QED) is 0.894. The molecule has 1 heterocycles. The van der Waals surface area contributed by atoms with E-state index in [0.29, 0.717) is 6.54 Å². The number of rotatable bonds is 2. The van der Waals surface area contributed by atoms with Gasteiger partial charge in [0.2, 0.25) is 0 Å². The summed E-state index contributed by atoms with van der Waals surface area (Å²) in [6, 6.07) is 2.89. The molecule has 104 valence electrons. The molecule has 0 saturated carbocycles. The first-order valence-corrected chi connectivity index (χ1v) is 6.51. The van der Waals surface area contributed by atoms with Crippen molar-refractivity contribution in [2.24, 2.45) is 5.73 Å². The number of piperidine rings is 1. The molecule has 0 bridgehead atoms. The van der Waals surface area contributed by atoms with Crippen LogP contribution in [0.5, 0.6) is 0 Å². The van der Waals surface area contributed by atoms with Crippen molar-refractivity contribution in [1.29, 1.82) is 0 Å². The van der Waals surface area contributed by atoms with Crippen LogP contribution in [0.1, 0.15) is 36.5 Å². The predicted molar refractivity (Wildman–Crippen MR) is 68.7 cm³/mol. The lowest BCUT2D eigenvalue weighted by Gasteiger charge is -2.40. The van der Waals surface area contributed by atoms with Gasteiger partial charge in [-0.25, -0.2) is 8.78 Å². The summed E-state index contributed by atoms with van der Waals surface area (Å²) in [4.78, 5) is 14.1. The Bertz CT molecular complexity index is 458. The summed E-state index contributed by atoms with van der Waals surface area (Å²) in [6.07, 6.45) is 2.74. The van der Waals surface area contributed by atoms with Crippen LogP contribution in [0.15, 0.2) is 18.2 Å². The first kappa shape index (κ1) is 13.9. The summed E-state index contributed by atoms with van der Waals surface area (Å²) in [5.41, 5.74) is 5.74. The van der Waals surface area contributed by atoms with Crippen molar-refractivity contribution in [2.75, 3.05) is 6.54 Å². The van der Waals surface area contributed by atoms with E-state index in [1.165, 1.54) is 0 Å². The van der Waals surface area contributed by atoms with Gasteiger partial charge in [0.1, 0.15) is 11.6 Å². The van der Waals surface area contributed by atoms with Crippen LogP contribution >= 0.6 is 0 Å². The minimum absolute atomic E-state index is 0.0427. The molecular formula is C14H18F2N2O. The van der Waals surface area contributed by atoms with E-state index in [4.69, 9.17) is 5.73 Å². The normalized spacial score (nSPS) is 23.5. The number of benzene rings is 1. The molecule has 2 atom stereocenters. The molecule has 1 aromatic carbocycles. The Morgan fingerprint density at radius 2 is 1.95 bits per heavy atom. The van der Waals surface area contributed by atoms with Crippen LogP contribution in [0.3, 0.4) is 0 Å². The summed E-state index contributed by atoms with van der Waals surface area (Å²) < 4.78 is 26.4. The highest BCUT2D eigenvalue weighted by atomic mass is 19.1. The zero-order chi connectivity index (χ0) is 14.0. The third kappa shape index (κ3) is 2.92. The van der Waals surface area contributed by atoms with Crippen LogP contribution < -0.4 is 5.73 Å². The fraction of sp³-hybridized carbons (Fsp3) is 0.500. The number of carbonyl (C=O) groups is 1. The average Bonchev–Trinajstić information content (AvgIpc) is 2.36. The summed E-state index contributed by atoms with van der Waals surface area (Å²) >= 11 is 0. The van der Waals surface area contributed by atoms with Crippen LogP contribution in [0, 0.1) is 11.6 Å². The molecule has 19 heavy (non-hydrogen) atoms. The zero-order valence-electron chi connectivity index (χ0n) is 10.9. The fourth-order valence-corrected chi connectivity index (χ4v) is 2.71. The van der Waals surface area contributed by atoms with Crippen molar-refractivity contribution >= 4 is 5.91 Å². The monoisotopic (exact) mass is 268 g/mol. The van der Waals surface area contributed by atoms with Gasteiger partial charge >= 0.3 is 0 Å². The molecule has 0 aromatic heterocycles. The van der Waals surface area contributed by atoms with E-state index in [2.05, 4.69) is 0 Å². The number of hydrogen-bond donors (Lipinski definition) is 1. The summed E-state index contributed by atoms with van der Waals surface area (Å²) in [7, 11) is 0. The lowest BCUT2D eigenvalue weighted by molar-refractivity contribution is 0.0493. The van der Waals surface area contributed by atoms with Gasteiger partial charge in [-0.05, 0) is 38.3 Å². The molecule has 2 rings (SSSR count). The summed E-state index contributed by atoms with van der Waals surface area (Å²) in [6.45, 7) is 2.31. The van der Waals surface area contributed by atoms with Gasteiger partial charge in [0, 0.05) is 30.3 Å². The average molecular weight is 268 g/mol. The molecule has 0 spiro atoms. The van der Waals surface area contributed by atoms with Gasteiger partial charge in [0.05, 0.1) is 0 Å². The Labute approximate surface area is 111 Å². The maximum absolute atomic E-state index is 13.2. The number of halogens is 2. The number of nitrogens with zero attached hydrogens (tertiary/aromatic N) is 1. The van der Waals surface area contributed by atoms with E-state index >= 15 is 0 Å². The second-order valence-corrected chi connectivity index (χ2v) is 5.04. The van der Waals surface area contributed by atoms with Crippen molar-refractivity contribution in [1.82, 2.24) is 4.90 Å². The van der Waals surface area contributed by atoms with Gasteiger partial charge in [-0.2, -0.15) is 0 Å². The van der Waals surface area contributed by atoms with Crippen molar-refractivity contribution in [3.05, 3.63) is 35.4 Å². The first-order valence-electron chi connectivity index (χ1n) is 6.51. The van der Waals surface area contributed by atoms with Crippen molar-refractivity contribution in [3.8, 4) is 0 Å². The lowest BCUT2D eigenvalue weighted by Crippen LogP contribution is -2.51. The van der Waals surface area contributed by atoms with E-state index in [1.54, 1.807) is 4.90 Å². The number of carbonyl (C=O) groups excluding carboxylic acids is 1. The molecule has 1 saturated heterocycles. The van der Waals surface area contributed by atoms with Crippen molar-refractivity contribution < 1.29 is 13.6 Å². The second-order valence-electron chi connectivity index (χ2n) is 5.04. The van der Waals surface area contributed by atoms with Crippen LogP contribution in [-0.4, -0.2) is 29.4 Å². The molecule has 1 aliphatic rings. The molecule has 5 heteroatoms. The SMILES string of the molecule is CC1CCCC(CN)N1C(=O)c1cc(F)cc(F)c1. The standard InChI is InChI=1S/C14H18F2N2O/c1-9-3-2-4-13(8-17)18(9)14(19)10-5-11(15)7-12(16)6-10/h5-7,9,13H,2-4,8,17H2,1H3. The molecule has 1 aliphatic heterocycles. The molecule has 0 radical (unpaired) electrons. The van der Waals surface area contributed by atoms with Gasteiger partial charge in [-0.1, -0.05) is 0 Å². The van der Waals surface area contributed by atoms with E-state index in [9.17, 15) is 13.6 Å². The summed E-state index contributed by atoms with van der Waals surface area (Å²) in [5, 5.41) is 0. The van der Waals surface area contributed by atoms with Crippen molar-refractivity contribution in [2.45, 2.75) is 38.3 Å². The van der Waals surface area contributed by atoms with Crippen LogP contribution in [0.4, 0.5) is 8.78 Å². The van der Waals surface area contributed by atoms with E-state index < -0.39 is 11.6 Å². The highest BCUT2D eigenvalue weighted by molar-refractivity contribution is 5.94. The van der Waals surface area contributed by atoms with E-state index in [0.717, 1.165) is 37.5 Å². The molecule has 1 fully saturated rings. The van der Waals surface area contributed by atoms with Crippen molar-refractivity contribution in [3.63, 3.8) is 0 Å². The van der Waals surface area contributed by atoms with Crippen LogP contribution in [0.2, 0.25) is 0 Å². The zero-order valence-corrected chi connectivity index (χ0v) is 10.9. The second kappa shape index (κ2) is 5.65. The third-order valence-corrected chi connectivity index (χ3v) is 3.64. The first-order chi connectivity index (χ1) is 9.02. The Morgan fingerprint density at radius 3 is 2.53 bits per heavy atom. The Hall–Kier alpha value is -1.49. The molecule has 2 unspecified atom stereocenters. The molecule has 1 amide bonds. The van der Waals surface area contributed by atoms with Crippen LogP contribution in [-0.2, 0) is 0 Å². The van der Waals surface area contributed by atoms with E-state index in [-0.39, 0.29) is 23.6 Å². The highest BCUT2D eigenvalue weighted by Crippen LogP contribution is 2.24. The largest absolute Gasteiger partial charge is 0.332 e. The number of hydrogen-bond acceptors (Lipinski definition) is 2. The topological polar surface area (TPSA) is 46.3 Å². The Morgan fingerprint density at radius 1 is 1.32 bits per heavy atom. The van der Waals surface area contributed by atoms with Crippen LogP contribution in [0.25, 0.3) is 0 Å². The van der Waals surface area contributed by atoms with E-state index in [1.807, 2.05) is 6.92 Å². The Balaban J connectivity index is 2.30. The molecule has 3 nitrogen and oxygen atoms in total. The maximum atomic E-state index is 13.2. The third-order valence-electron chi connectivity index (χ3n) is 3.64. The summed E-state index contributed by atoms with van der Waals surface area (Å²) in [5.74, 6) is -1.82. The molecular weight excluding hydrogens is 250 g/mol. The van der Waals surface area contributed by atoms with Gasteiger partial charge in [-0.3, -0.25) is 4.79 Å². The van der Waals surface area contributed by atoms with Gasteiger partial charge in [0.15, 0.2) is 0 Å². The van der Waals surface area contributed by atoms with Gasteiger partial charge in [0.25, 0.3) is 5.91 Å². The molecule has 1 aromatic rings. The molecule has 2 N–H and O–H groups in total. The molecule has 0 aliphatic carbocycles.